The van der Waals surface area contributed by atoms with E-state index in [1.165, 1.54) is 30.3 Å². The smallest absolute Gasteiger partial charge is 0.264 e. The first-order chi connectivity index (χ1) is 15.8. The average Bonchev–Trinajstić information content (AvgIpc) is 2.78. The highest BCUT2D eigenvalue weighted by Crippen LogP contribution is 2.26. The van der Waals surface area contributed by atoms with Crippen molar-refractivity contribution in [2.45, 2.75) is 10.6 Å². The molecular formula is C23H21Cl3N2O3S2. The van der Waals surface area contributed by atoms with Gasteiger partial charge in [-0.25, -0.2) is 8.42 Å². The molecule has 0 saturated heterocycles. The molecule has 0 heterocycles. The van der Waals surface area contributed by atoms with Crippen molar-refractivity contribution in [2.75, 3.05) is 23.1 Å². The van der Waals surface area contributed by atoms with Gasteiger partial charge in [-0.05, 0) is 60.2 Å². The Hall–Kier alpha value is -1.90. The van der Waals surface area contributed by atoms with Gasteiger partial charge in [0.25, 0.3) is 10.0 Å². The molecule has 0 aromatic heterocycles. The average molecular weight is 544 g/mol. The van der Waals surface area contributed by atoms with Crippen LogP contribution in [0.1, 0.15) is 5.56 Å². The van der Waals surface area contributed by atoms with E-state index in [9.17, 15) is 13.2 Å². The van der Waals surface area contributed by atoms with Gasteiger partial charge >= 0.3 is 0 Å². The van der Waals surface area contributed by atoms with Gasteiger partial charge in [0.1, 0.15) is 6.54 Å². The number of thioether (sulfide) groups is 1. The first kappa shape index (κ1) is 25.7. The van der Waals surface area contributed by atoms with E-state index in [-0.39, 0.29) is 11.4 Å². The van der Waals surface area contributed by atoms with Crippen LogP contribution in [0.25, 0.3) is 0 Å². The van der Waals surface area contributed by atoms with E-state index in [0.717, 1.165) is 15.6 Å². The van der Waals surface area contributed by atoms with Crippen LogP contribution in [0.15, 0.2) is 77.7 Å². The number of nitrogens with one attached hydrogen (secondary N) is 1. The summed E-state index contributed by atoms with van der Waals surface area (Å²) in [7, 11) is -4.02. The van der Waals surface area contributed by atoms with Gasteiger partial charge in [-0.1, -0.05) is 53.0 Å². The molecule has 0 atom stereocenters. The van der Waals surface area contributed by atoms with E-state index >= 15 is 0 Å². The number of benzene rings is 3. The highest BCUT2D eigenvalue weighted by atomic mass is 35.5. The summed E-state index contributed by atoms with van der Waals surface area (Å²) in [5.41, 5.74) is 1.43. The Labute approximate surface area is 213 Å². The Morgan fingerprint density at radius 3 is 2.15 bits per heavy atom. The van der Waals surface area contributed by atoms with E-state index in [1.54, 1.807) is 30.0 Å². The Bertz CT molecular complexity index is 1190. The number of rotatable bonds is 10. The van der Waals surface area contributed by atoms with Crippen LogP contribution in [0, 0.1) is 0 Å². The second-order valence-corrected chi connectivity index (χ2v) is 11.3. The lowest BCUT2D eigenvalue weighted by atomic mass is 10.2. The fraction of sp³-hybridized carbons (Fsp3) is 0.174. The largest absolute Gasteiger partial charge is 0.354 e. The van der Waals surface area contributed by atoms with E-state index in [4.69, 9.17) is 34.8 Å². The first-order valence-corrected chi connectivity index (χ1v) is 13.6. The summed E-state index contributed by atoms with van der Waals surface area (Å²) in [6.07, 6.45) is 0. The molecular weight excluding hydrogens is 523 g/mol. The van der Waals surface area contributed by atoms with Crippen molar-refractivity contribution in [3.8, 4) is 0 Å². The Morgan fingerprint density at radius 2 is 1.52 bits per heavy atom. The van der Waals surface area contributed by atoms with Gasteiger partial charge in [0, 0.05) is 33.1 Å². The Kier molecular flexibility index (Phi) is 9.35. The third-order valence-electron chi connectivity index (χ3n) is 4.54. The van der Waals surface area contributed by atoms with Crippen molar-refractivity contribution in [3.63, 3.8) is 0 Å². The maximum absolute atomic E-state index is 13.3. The minimum Gasteiger partial charge on any atom is -0.354 e. The van der Waals surface area contributed by atoms with Crippen LogP contribution in [0.5, 0.6) is 0 Å². The predicted molar refractivity (Wildman–Crippen MR) is 138 cm³/mol. The molecule has 5 nitrogen and oxygen atoms in total. The number of anilines is 1. The molecule has 33 heavy (non-hydrogen) atoms. The second kappa shape index (κ2) is 12.0. The van der Waals surface area contributed by atoms with Crippen molar-refractivity contribution in [1.29, 1.82) is 0 Å². The highest BCUT2D eigenvalue weighted by Gasteiger charge is 2.27. The van der Waals surface area contributed by atoms with E-state index in [1.807, 2.05) is 24.3 Å². The lowest BCUT2D eigenvalue weighted by Gasteiger charge is -2.24. The molecule has 0 aliphatic carbocycles. The van der Waals surface area contributed by atoms with Crippen LogP contribution in [0.4, 0.5) is 5.69 Å². The minimum atomic E-state index is -4.02. The van der Waals surface area contributed by atoms with Gasteiger partial charge in [-0.2, -0.15) is 11.8 Å². The fourth-order valence-electron chi connectivity index (χ4n) is 2.90. The maximum Gasteiger partial charge on any atom is 0.264 e. The van der Waals surface area contributed by atoms with Gasteiger partial charge in [-0.3, -0.25) is 9.10 Å². The third kappa shape index (κ3) is 7.55. The molecule has 0 fully saturated rings. The molecule has 10 heteroatoms. The number of sulfonamides is 1. The summed E-state index contributed by atoms with van der Waals surface area (Å²) in [6.45, 7) is 0.0224. The lowest BCUT2D eigenvalue weighted by Crippen LogP contribution is -2.41. The Balaban J connectivity index is 1.64. The van der Waals surface area contributed by atoms with E-state index < -0.39 is 15.9 Å². The molecule has 1 N–H and O–H groups in total. The molecule has 0 aliphatic heterocycles. The number of halogens is 3. The number of hydrogen-bond donors (Lipinski definition) is 1. The van der Waals surface area contributed by atoms with Gasteiger partial charge < -0.3 is 5.32 Å². The van der Waals surface area contributed by atoms with Crippen LogP contribution in [0.3, 0.4) is 0 Å². The van der Waals surface area contributed by atoms with E-state index in [2.05, 4.69) is 5.32 Å². The molecule has 0 saturated carbocycles. The molecule has 3 aromatic rings. The zero-order chi connectivity index (χ0) is 23.8. The molecule has 0 bridgehead atoms. The van der Waals surface area contributed by atoms with Crippen molar-refractivity contribution < 1.29 is 13.2 Å². The summed E-state index contributed by atoms with van der Waals surface area (Å²) in [5.74, 6) is 1.04. The molecule has 0 aliphatic rings. The lowest BCUT2D eigenvalue weighted by molar-refractivity contribution is -0.119. The quantitative estimate of drug-likeness (QED) is 0.324. The van der Waals surface area contributed by atoms with E-state index in [0.29, 0.717) is 33.1 Å². The van der Waals surface area contributed by atoms with Crippen LogP contribution in [-0.4, -0.2) is 33.2 Å². The monoisotopic (exact) mass is 542 g/mol. The van der Waals surface area contributed by atoms with Gasteiger partial charge in [0.2, 0.25) is 5.91 Å². The fourth-order valence-corrected chi connectivity index (χ4v) is 5.57. The number of carbonyl (C=O) groups is 1. The molecule has 3 aromatic carbocycles. The third-order valence-corrected chi connectivity index (χ3v) is 8.09. The van der Waals surface area contributed by atoms with Gasteiger partial charge in [0.15, 0.2) is 0 Å². The normalized spacial score (nSPS) is 11.2. The summed E-state index contributed by atoms with van der Waals surface area (Å²) in [6, 6.07) is 19.7. The number of carbonyl (C=O) groups excluding carboxylic acids is 1. The number of amides is 1. The second-order valence-electron chi connectivity index (χ2n) is 6.97. The van der Waals surface area contributed by atoms with Crippen LogP contribution in [0.2, 0.25) is 15.1 Å². The van der Waals surface area contributed by atoms with Crippen molar-refractivity contribution >= 4 is 68.2 Å². The molecule has 3 rings (SSSR count). The zero-order valence-electron chi connectivity index (χ0n) is 17.4. The summed E-state index contributed by atoms with van der Waals surface area (Å²) < 4.78 is 27.6. The summed E-state index contributed by atoms with van der Waals surface area (Å²) in [4.78, 5) is 12.6. The number of hydrogen-bond acceptors (Lipinski definition) is 4. The van der Waals surface area contributed by atoms with Crippen molar-refractivity contribution in [1.82, 2.24) is 5.32 Å². The van der Waals surface area contributed by atoms with Crippen LogP contribution < -0.4 is 9.62 Å². The molecule has 0 unspecified atom stereocenters. The Morgan fingerprint density at radius 1 is 0.879 bits per heavy atom. The van der Waals surface area contributed by atoms with Crippen LogP contribution >= 0.6 is 46.6 Å². The summed E-state index contributed by atoms with van der Waals surface area (Å²) in [5, 5.41) is 4.25. The van der Waals surface area contributed by atoms with Gasteiger partial charge in [0.05, 0.1) is 10.6 Å². The molecule has 1 amide bonds. The van der Waals surface area contributed by atoms with Crippen LogP contribution in [-0.2, 0) is 20.6 Å². The van der Waals surface area contributed by atoms with Gasteiger partial charge in [-0.15, -0.1) is 0 Å². The molecule has 0 radical (unpaired) electrons. The molecule has 174 valence electrons. The standard InChI is InChI=1S/C23H21Cl3N2O3S2/c24-18-6-4-17(5-7-18)16-32-13-12-27-23(29)15-28(21-3-1-2-20(26)14-21)33(30,31)22-10-8-19(25)9-11-22/h1-11,14H,12-13,15-16H2,(H,27,29). The SMILES string of the molecule is O=C(CN(c1cccc(Cl)c1)S(=O)(=O)c1ccc(Cl)cc1)NCCSCc1ccc(Cl)cc1. The predicted octanol–water partition coefficient (Wildman–Crippen LogP) is 5.89. The highest BCUT2D eigenvalue weighted by molar-refractivity contribution is 7.98. The van der Waals surface area contributed by atoms with Crippen molar-refractivity contribution in [2.24, 2.45) is 0 Å². The zero-order valence-corrected chi connectivity index (χ0v) is 21.3. The maximum atomic E-state index is 13.3. The van der Waals surface area contributed by atoms with Crippen molar-refractivity contribution in [3.05, 3.63) is 93.4 Å². The topological polar surface area (TPSA) is 66.5 Å². The number of nitrogens with zero attached hydrogens (tertiary/aromatic N) is 1. The first-order valence-electron chi connectivity index (χ1n) is 9.88. The molecule has 0 spiro atoms. The summed E-state index contributed by atoms with van der Waals surface area (Å²) >= 11 is 19.5. The minimum absolute atomic E-state index is 0.0261.